The van der Waals surface area contributed by atoms with Gasteiger partial charge >= 0.3 is 0 Å². The number of aryl methyl sites for hydroxylation is 1. The molecule has 1 fully saturated rings. The van der Waals surface area contributed by atoms with E-state index in [4.69, 9.17) is 0 Å². The van der Waals surface area contributed by atoms with E-state index < -0.39 is 0 Å². The van der Waals surface area contributed by atoms with Crippen LogP contribution in [0.4, 0.5) is 0 Å². The Hall–Kier alpha value is -3.74. The lowest BCUT2D eigenvalue weighted by atomic mass is 10.1. The highest BCUT2D eigenvalue weighted by molar-refractivity contribution is 5.98. The van der Waals surface area contributed by atoms with Crippen LogP contribution in [0.15, 0.2) is 67.1 Å². The fourth-order valence-electron chi connectivity index (χ4n) is 4.06. The molecule has 7 nitrogen and oxygen atoms in total. The molecule has 1 atom stereocenters. The lowest BCUT2D eigenvalue weighted by Gasteiger charge is -2.25. The number of hydrogen-bond donors (Lipinski definition) is 1. The summed E-state index contributed by atoms with van der Waals surface area (Å²) < 4.78 is 0. The number of hydrogen-bond acceptors (Lipinski definition) is 4. The summed E-state index contributed by atoms with van der Waals surface area (Å²) in [4.78, 5) is 25.0. The Bertz CT molecular complexity index is 1170. The monoisotopic (exact) mass is 398 g/mol. The molecule has 1 aliphatic rings. The molecule has 2 aromatic carbocycles. The Balaban J connectivity index is 1.47. The lowest BCUT2D eigenvalue weighted by molar-refractivity contribution is 0.0733. The molecule has 3 heterocycles. The molecular formula is C23H22N6O. The maximum atomic E-state index is 13.6. The molecule has 0 radical (unpaired) electrons. The summed E-state index contributed by atoms with van der Waals surface area (Å²) in [6.07, 6.45) is 6.94. The molecule has 5 rings (SSSR count). The largest absolute Gasteiger partial charge is 0.340 e. The summed E-state index contributed by atoms with van der Waals surface area (Å²) in [5.74, 6) is 0.808. The Kier molecular flexibility index (Phi) is 4.63. The average molecular weight is 398 g/mol. The van der Waals surface area contributed by atoms with Gasteiger partial charge < -0.3 is 9.88 Å². The van der Waals surface area contributed by atoms with Gasteiger partial charge in [0, 0.05) is 12.1 Å². The van der Waals surface area contributed by atoms with Gasteiger partial charge in [-0.15, -0.1) is 0 Å². The van der Waals surface area contributed by atoms with E-state index >= 15 is 0 Å². The first kappa shape index (κ1) is 18.3. The summed E-state index contributed by atoms with van der Waals surface area (Å²) in [6.45, 7) is 2.71. The standard InChI is InChI=1S/C23H22N6O/c1-16-9-10-18(21(14-16)29-25-11-12-26-29)23(30)28-13-5-8-20(28)19-15-24-22(27-19)17-6-3-2-4-7-17/h2-4,6-7,9-12,14-15,20H,5,8,13H2,1H3,(H,24,27). The number of H-pyrrole nitrogens is 1. The van der Waals surface area contributed by atoms with Gasteiger partial charge in [-0.05, 0) is 37.5 Å². The predicted molar refractivity (Wildman–Crippen MR) is 113 cm³/mol. The van der Waals surface area contributed by atoms with Crippen molar-refractivity contribution in [1.82, 2.24) is 29.9 Å². The highest BCUT2D eigenvalue weighted by atomic mass is 16.2. The number of amides is 1. The number of benzene rings is 2. The summed E-state index contributed by atoms with van der Waals surface area (Å²) >= 11 is 0. The maximum Gasteiger partial charge on any atom is 0.256 e. The maximum absolute atomic E-state index is 13.6. The molecule has 2 aromatic heterocycles. The molecular weight excluding hydrogens is 376 g/mol. The van der Waals surface area contributed by atoms with E-state index in [0.717, 1.165) is 35.5 Å². The van der Waals surface area contributed by atoms with E-state index in [1.807, 2.05) is 66.6 Å². The molecule has 0 aliphatic carbocycles. The third-order valence-electron chi connectivity index (χ3n) is 5.53. The second-order valence-electron chi connectivity index (χ2n) is 7.55. The van der Waals surface area contributed by atoms with E-state index in [0.29, 0.717) is 17.8 Å². The molecule has 0 spiro atoms. The molecule has 7 heteroatoms. The van der Waals surface area contributed by atoms with Crippen LogP contribution in [0.25, 0.3) is 17.1 Å². The minimum atomic E-state index is -0.0257. The molecule has 1 saturated heterocycles. The van der Waals surface area contributed by atoms with Crippen LogP contribution in [0.5, 0.6) is 0 Å². The van der Waals surface area contributed by atoms with Gasteiger partial charge in [0.15, 0.2) is 0 Å². The van der Waals surface area contributed by atoms with E-state index in [-0.39, 0.29) is 11.9 Å². The van der Waals surface area contributed by atoms with Crippen molar-refractivity contribution >= 4 is 5.91 Å². The zero-order valence-corrected chi connectivity index (χ0v) is 16.7. The van der Waals surface area contributed by atoms with Crippen LogP contribution in [-0.2, 0) is 0 Å². The lowest BCUT2D eigenvalue weighted by Crippen LogP contribution is -2.31. The summed E-state index contributed by atoms with van der Waals surface area (Å²) in [7, 11) is 0. The number of carbonyl (C=O) groups is 1. The molecule has 4 aromatic rings. The van der Waals surface area contributed by atoms with Crippen molar-refractivity contribution in [3.63, 3.8) is 0 Å². The minimum Gasteiger partial charge on any atom is -0.340 e. The van der Waals surface area contributed by atoms with Crippen LogP contribution < -0.4 is 0 Å². The topological polar surface area (TPSA) is 79.7 Å². The van der Waals surface area contributed by atoms with Gasteiger partial charge in [-0.3, -0.25) is 4.79 Å². The van der Waals surface area contributed by atoms with Crippen molar-refractivity contribution in [3.8, 4) is 17.1 Å². The fraction of sp³-hybridized carbons (Fsp3) is 0.217. The smallest absolute Gasteiger partial charge is 0.256 e. The second-order valence-corrected chi connectivity index (χ2v) is 7.55. The highest BCUT2D eigenvalue weighted by Crippen LogP contribution is 2.34. The summed E-state index contributed by atoms with van der Waals surface area (Å²) in [5, 5.41) is 8.46. The highest BCUT2D eigenvalue weighted by Gasteiger charge is 2.33. The predicted octanol–water partition coefficient (Wildman–Crippen LogP) is 3.94. The Labute approximate surface area is 174 Å². The number of likely N-dealkylation sites (tertiary alicyclic amines) is 1. The first-order valence-corrected chi connectivity index (χ1v) is 10.1. The summed E-state index contributed by atoms with van der Waals surface area (Å²) in [5.41, 5.74) is 4.35. The van der Waals surface area contributed by atoms with Gasteiger partial charge in [-0.1, -0.05) is 36.4 Å². The van der Waals surface area contributed by atoms with Crippen molar-refractivity contribution in [2.24, 2.45) is 0 Å². The number of imidazole rings is 1. The minimum absolute atomic E-state index is 0.0133. The third-order valence-corrected chi connectivity index (χ3v) is 5.53. The van der Waals surface area contributed by atoms with Crippen LogP contribution in [0.2, 0.25) is 0 Å². The van der Waals surface area contributed by atoms with Crippen LogP contribution in [0.1, 0.15) is 40.5 Å². The van der Waals surface area contributed by atoms with Crippen molar-refractivity contribution in [2.75, 3.05) is 6.54 Å². The summed E-state index contributed by atoms with van der Waals surface area (Å²) in [6, 6.07) is 15.8. The molecule has 0 bridgehead atoms. The zero-order valence-electron chi connectivity index (χ0n) is 16.7. The molecule has 150 valence electrons. The van der Waals surface area contributed by atoms with Gasteiger partial charge in [-0.25, -0.2) is 4.98 Å². The van der Waals surface area contributed by atoms with Crippen LogP contribution in [0, 0.1) is 6.92 Å². The van der Waals surface area contributed by atoms with Crippen LogP contribution in [-0.4, -0.2) is 42.3 Å². The van der Waals surface area contributed by atoms with E-state index in [1.165, 1.54) is 4.80 Å². The Morgan fingerprint density at radius 3 is 2.70 bits per heavy atom. The molecule has 0 saturated carbocycles. The molecule has 1 aliphatic heterocycles. The quantitative estimate of drug-likeness (QED) is 0.565. The van der Waals surface area contributed by atoms with Gasteiger partial charge in [0.2, 0.25) is 0 Å². The van der Waals surface area contributed by atoms with E-state index in [1.54, 1.807) is 12.4 Å². The van der Waals surface area contributed by atoms with Gasteiger partial charge in [0.1, 0.15) is 5.82 Å². The second kappa shape index (κ2) is 7.59. The number of nitrogens with one attached hydrogen (secondary N) is 1. The zero-order chi connectivity index (χ0) is 20.5. The fourth-order valence-corrected chi connectivity index (χ4v) is 4.06. The Morgan fingerprint density at radius 2 is 1.90 bits per heavy atom. The van der Waals surface area contributed by atoms with Gasteiger partial charge in [0.05, 0.1) is 41.6 Å². The third kappa shape index (κ3) is 3.28. The van der Waals surface area contributed by atoms with Gasteiger partial charge in [-0.2, -0.15) is 15.0 Å². The van der Waals surface area contributed by atoms with E-state index in [9.17, 15) is 4.79 Å². The Morgan fingerprint density at radius 1 is 1.10 bits per heavy atom. The SMILES string of the molecule is Cc1ccc(C(=O)N2CCCC2c2cnc(-c3ccccc3)[nH]2)c(-n2nccn2)c1. The van der Waals surface area contributed by atoms with Crippen molar-refractivity contribution in [3.05, 3.63) is 83.9 Å². The first-order chi connectivity index (χ1) is 14.7. The van der Waals surface area contributed by atoms with Crippen LogP contribution in [0.3, 0.4) is 0 Å². The number of nitrogens with zero attached hydrogens (tertiary/aromatic N) is 5. The molecule has 1 unspecified atom stereocenters. The van der Waals surface area contributed by atoms with Crippen LogP contribution >= 0.6 is 0 Å². The number of aromatic amines is 1. The van der Waals surface area contributed by atoms with Crippen molar-refractivity contribution in [2.45, 2.75) is 25.8 Å². The van der Waals surface area contributed by atoms with Crippen molar-refractivity contribution in [1.29, 1.82) is 0 Å². The molecule has 1 amide bonds. The van der Waals surface area contributed by atoms with Gasteiger partial charge in [0.25, 0.3) is 5.91 Å². The normalized spacial score (nSPS) is 16.2. The van der Waals surface area contributed by atoms with E-state index in [2.05, 4.69) is 20.2 Å². The first-order valence-electron chi connectivity index (χ1n) is 10.1. The van der Waals surface area contributed by atoms with Crippen molar-refractivity contribution < 1.29 is 4.79 Å². The number of aromatic nitrogens is 5. The molecule has 1 N–H and O–H groups in total. The number of carbonyl (C=O) groups excluding carboxylic acids is 1. The number of rotatable bonds is 4. The average Bonchev–Trinajstić information content (AvgIpc) is 3.55. The molecule has 30 heavy (non-hydrogen) atoms.